The standard InChI is InChI=1S/C25H26F3N5S/c1-33(2)15-22-23(18-5-6-19-13-30-10-9-17(19)12-18)34-24(32-22)31-14-21(29)11-16-3-7-20(8-4-16)25(26,27)28/h3-10,12-13,21H,11,14-15,29H2,1-2H3,(H,31,32)/t21-/m0/s1. The van der Waals surface area contributed by atoms with Crippen LogP contribution < -0.4 is 11.1 Å². The smallest absolute Gasteiger partial charge is 0.360 e. The molecular formula is C25H26F3N5S. The van der Waals surface area contributed by atoms with Gasteiger partial charge in [0.05, 0.1) is 16.1 Å². The Kier molecular flexibility index (Phi) is 7.16. The molecule has 0 saturated carbocycles. The van der Waals surface area contributed by atoms with Crippen LogP contribution in [0.2, 0.25) is 0 Å². The third-order valence-electron chi connectivity index (χ3n) is 5.36. The van der Waals surface area contributed by atoms with Gasteiger partial charge in [-0.1, -0.05) is 35.6 Å². The minimum Gasteiger partial charge on any atom is -0.360 e. The van der Waals surface area contributed by atoms with Crippen LogP contribution in [0.5, 0.6) is 0 Å². The zero-order valence-electron chi connectivity index (χ0n) is 18.9. The number of nitrogens with two attached hydrogens (primary N) is 1. The Hall–Kier alpha value is -3.01. The van der Waals surface area contributed by atoms with Gasteiger partial charge in [-0.2, -0.15) is 13.2 Å². The SMILES string of the molecule is CN(C)Cc1nc(NC[C@@H](N)Cc2ccc(C(F)(F)F)cc2)sc1-c1ccc2cnccc2c1. The number of hydrogen-bond acceptors (Lipinski definition) is 6. The first kappa shape index (κ1) is 24.1. The van der Waals surface area contributed by atoms with E-state index < -0.39 is 11.7 Å². The van der Waals surface area contributed by atoms with Gasteiger partial charge in [0.25, 0.3) is 0 Å². The van der Waals surface area contributed by atoms with Crippen LogP contribution in [0.4, 0.5) is 18.3 Å². The number of aromatic nitrogens is 2. The van der Waals surface area contributed by atoms with Crippen molar-refractivity contribution in [1.82, 2.24) is 14.9 Å². The van der Waals surface area contributed by atoms with Gasteiger partial charge in [0.15, 0.2) is 5.13 Å². The van der Waals surface area contributed by atoms with E-state index in [1.54, 1.807) is 17.5 Å². The van der Waals surface area contributed by atoms with E-state index in [9.17, 15) is 13.2 Å². The van der Waals surface area contributed by atoms with E-state index in [1.165, 1.54) is 12.1 Å². The summed E-state index contributed by atoms with van der Waals surface area (Å²) < 4.78 is 38.3. The highest BCUT2D eigenvalue weighted by Gasteiger charge is 2.30. The normalized spacial score (nSPS) is 12.9. The molecule has 3 N–H and O–H groups in total. The number of rotatable bonds is 8. The lowest BCUT2D eigenvalue weighted by Gasteiger charge is -2.13. The molecule has 0 unspecified atom stereocenters. The molecule has 1 atom stereocenters. The summed E-state index contributed by atoms with van der Waals surface area (Å²) in [6, 6.07) is 13.2. The average Bonchev–Trinajstić information content (AvgIpc) is 3.19. The molecule has 178 valence electrons. The molecule has 0 fully saturated rings. The van der Waals surface area contributed by atoms with Crippen LogP contribution in [0.15, 0.2) is 60.9 Å². The predicted molar refractivity (Wildman–Crippen MR) is 132 cm³/mol. The van der Waals surface area contributed by atoms with Gasteiger partial charge in [-0.25, -0.2) is 4.98 Å². The molecule has 34 heavy (non-hydrogen) atoms. The summed E-state index contributed by atoms with van der Waals surface area (Å²) in [6.07, 6.45) is -0.244. The molecule has 4 aromatic rings. The van der Waals surface area contributed by atoms with Crippen molar-refractivity contribution in [3.63, 3.8) is 0 Å². The number of pyridine rings is 1. The summed E-state index contributed by atoms with van der Waals surface area (Å²) in [5.41, 5.74) is 8.43. The van der Waals surface area contributed by atoms with E-state index >= 15 is 0 Å². The first-order chi connectivity index (χ1) is 16.2. The van der Waals surface area contributed by atoms with Crippen molar-refractivity contribution < 1.29 is 13.2 Å². The fourth-order valence-corrected chi connectivity index (χ4v) is 4.68. The molecule has 2 aromatic heterocycles. The maximum Gasteiger partial charge on any atom is 0.416 e. The number of fused-ring (bicyclic) bond motifs is 1. The Balaban J connectivity index is 1.47. The highest BCUT2D eigenvalue weighted by atomic mass is 32.1. The monoisotopic (exact) mass is 485 g/mol. The minimum absolute atomic E-state index is 0.269. The first-order valence-corrected chi connectivity index (χ1v) is 11.6. The molecule has 0 saturated heterocycles. The molecule has 2 heterocycles. The Morgan fingerprint density at radius 2 is 1.82 bits per heavy atom. The molecule has 9 heteroatoms. The first-order valence-electron chi connectivity index (χ1n) is 10.8. The Morgan fingerprint density at radius 3 is 2.53 bits per heavy atom. The fraction of sp³-hybridized carbons (Fsp3) is 0.280. The molecule has 0 spiro atoms. The second-order valence-electron chi connectivity index (χ2n) is 8.51. The lowest BCUT2D eigenvalue weighted by atomic mass is 10.0. The number of halogens is 3. The Bertz CT molecular complexity index is 1250. The second kappa shape index (κ2) is 10.1. The molecule has 0 aliphatic heterocycles. The molecule has 2 aromatic carbocycles. The zero-order chi connectivity index (χ0) is 24.3. The lowest BCUT2D eigenvalue weighted by Crippen LogP contribution is -2.31. The summed E-state index contributed by atoms with van der Waals surface area (Å²) in [5, 5.41) is 6.28. The van der Waals surface area contributed by atoms with E-state index in [2.05, 4.69) is 33.4 Å². The topological polar surface area (TPSA) is 67.1 Å². The summed E-state index contributed by atoms with van der Waals surface area (Å²) in [6.45, 7) is 1.15. The van der Waals surface area contributed by atoms with Crippen LogP contribution in [-0.4, -0.2) is 41.5 Å². The summed E-state index contributed by atoms with van der Waals surface area (Å²) in [4.78, 5) is 12.1. The number of hydrogen-bond donors (Lipinski definition) is 2. The van der Waals surface area contributed by atoms with Crippen LogP contribution in [0.1, 0.15) is 16.8 Å². The second-order valence-corrected chi connectivity index (χ2v) is 9.51. The third kappa shape index (κ3) is 5.91. The maximum atomic E-state index is 12.8. The number of nitrogens with one attached hydrogen (secondary N) is 1. The highest BCUT2D eigenvalue weighted by molar-refractivity contribution is 7.19. The number of anilines is 1. The van der Waals surface area contributed by atoms with Gasteiger partial charge >= 0.3 is 6.18 Å². The predicted octanol–water partition coefficient (Wildman–Crippen LogP) is 5.42. The summed E-state index contributed by atoms with van der Waals surface area (Å²) >= 11 is 1.57. The van der Waals surface area contributed by atoms with Gasteiger partial charge in [0.2, 0.25) is 0 Å². The van der Waals surface area contributed by atoms with Crippen LogP contribution in [0.3, 0.4) is 0 Å². The zero-order valence-corrected chi connectivity index (χ0v) is 19.7. The van der Waals surface area contributed by atoms with Crippen LogP contribution in [0.25, 0.3) is 21.2 Å². The minimum atomic E-state index is -4.34. The summed E-state index contributed by atoms with van der Waals surface area (Å²) in [7, 11) is 4.00. The van der Waals surface area contributed by atoms with Gasteiger partial charge in [-0.05, 0) is 61.3 Å². The molecule has 4 rings (SSSR count). The fourth-order valence-electron chi connectivity index (χ4n) is 3.71. The van der Waals surface area contributed by atoms with Gasteiger partial charge in [0.1, 0.15) is 0 Å². The summed E-state index contributed by atoms with van der Waals surface area (Å²) in [5.74, 6) is 0. The Morgan fingerprint density at radius 1 is 1.06 bits per heavy atom. The van der Waals surface area contributed by atoms with Crippen LogP contribution in [0, 0.1) is 0 Å². The van der Waals surface area contributed by atoms with Crippen molar-refractivity contribution in [3.05, 3.63) is 77.7 Å². The van der Waals surface area contributed by atoms with E-state index in [1.807, 2.05) is 26.4 Å². The number of alkyl halides is 3. The van der Waals surface area contributed by atoms with Crippen molar-refractivity contribution >= 4 is 27.2 Å². The molecule has 0 radical (unpaired) electrons. The number of benzene rings is 2. The number of thiazole rings is 1. The van der Waals surface area contributed by atoms with Gasteiger partial charge in [-0.3, -0.25) is 4.98 Å². The maximum absolute atomic E-state index is 12.8. The van der Waals surface area contributed by atoms with Gasteiger partial charge in [0, 0.05) is 36.9 Å². The van der Waals surface area contributed by atoms with Crippen molar-refractivity contribution in [2.75, 3.05) is 26.0 Å². The van der Waals surface area contributed by atoms with E-state index in [-0.39, 0.29) is 6.04 Å². The average molecular weight is 486 g/mol. The molecular weight excluding hydrogens is 459 g/mol. The van der Waals surface area contributed by atoms with E-state index in [0.717, 1.165) is 49.7 Å². The van der Waals surface area contributed by atoms with Crippen molar-refractivity contribution in [1.29, 1.82) is 0 Å². The third-order valence-corrected chi connectivity index (χ3v) is 6.47. The van der Waals surface area contributed by atoms with Gasteiger partial charge in [-0.15, -0.1) is 0 Å². The largest absolute Gasteiger partial charge is 0.416 e. The molecule has 0 aliphatic carbocycles. The van der Waals surface area contributed by atoms with E-state index in [0.29, 0.717) is 19.5 Å². The molecule has 0 aliphatic rings. The molecule has 0 amide bonds. The Labute approximate surface area is 200 Å². The lowest BCUT2D eigenvalue weighted by molar-refractivity contribution is -0.137. The van der Waals surface area contributed by atoms with Crippen molar-refractivity contribution in [2.45, 2.75) is 25.2 Å². The van der Waals surface area contributed by atoms with E-state index in [4.69, 9.17) is 10.7 Å². The quantitative estimate of drug-likeness (QED) is 0.349. The van der Waals surface area contributed by atoms with Gasteiger partial charge < -0.3 is 16.0 Å². The van der Waals surface area contributed by atoms with Crippen LogP contribution in [-0.2, 0) is 19.1 Å². The van der Waals surface area contributed by atoms with Crippen molar-refractivity contribution in [2.24, 2.45) is 5.73 Å². The number of nitrogens with zero attached hydrogens (tertiary/aromatic N) is 3. The molecule has 0 bridgehead atoms. The van der Waals surface area contributed by atoms with Crippen LogP contribution >= 0.6 is 11.3 Å². The molecule has 5 nitrogen and oxygen atoms in total. The highest BCUT2D eigenvalue weighted by Crippen LogP contribution is 2.35. The van der Waals surface area contributed by atoms with Crippen molar-refractivity contribution in [3.8, 4) is 10.4 Å².